The summed E-state index contributed by atoms with van der Waals surface area (Å²) in [5.74, 6) is -0.540. The molecule has 2 aliphatic carbocycles. The lowest BCUT2D eigenvalue weighted by molar-refractivity contribution is 0.107. The molecule has 0 radical (unpaired) electrons. The topological polar surface area (TPSA) is 71.4 Å². The van der Waals surface area contributed by atoms with Gasteiger partial charge in [-0.2, -0.15) is 9.97 Å². The maximum absolute atomic E-state index is 17.0. The van der Waals surface area contributed by atoms with Crippen molar-refractivity contribution in [2.45, 2.75) is 89.3 Å². The Morgan fingerprint density at radius 2 is 1.84 bits per heavy atom. The summed E-state index contributed by atoms with van der Waals surface area (Å²) in [6.07, 6.45) is 7.61. The average Bonchev–Trinajstić information content (AvgIpc) is 3.69. The number of aryl methyl sites for hydroxylation is 2. The van der Waals surface area contributed by atoms with Gasteiger partial charge in [-0.3, -0.25) is 4.90 Å². The van der Waals surface area contributed by atoms with E-state index in [0.29, 0.717) is 53.3 Å². The maximum atomic E-state index is 17.0. The molecule has 6 nitrogen and oxygen atoms in total. The third-order valence-corrected chi connectivity index (χ3v) is 11.3. The van der Waals surface area contributed by atoms with E-state index in [1.54, 1.807) is 12.1 Å². The van der Waals surface area contributed by atoms with Crippen molar-refractivity contribution in [1.29, 1.82) is 0 Å². The SMILES string of the molecule is CCc1cccc2c(F)c(O)cc(-c3nc(C)c4c(C5CC6CCC(C6)C5)nc(OC[C@@]56CCCN5C[C@H](F)C6)nc4c3F)c12. The second-order valence-electron chi connectivity index (χ2n) is 14.0. The number of rotatable bonds is 6. The van der Waals surface area contributed by atoms with Gasteiger partial charge in [0.2, 0.25) is 0 Å². The Labute approximate surface area is 261 Å². The summed E-state index contributed by atoms with van der Waals surface area (Å²) in [7, 11) is 0. The number of aromatic hydroxyl groups is 1. The number of phenols is 1. The van der Waals surface area contributed by atoms with Crippen molar-refractivity contribution < 1.29 is 23.0 Å². The summed E-state index contributed by atoms with van der Waals surface area (Å²) in [6, 6.07) is 6.60. The second-order valence-corrected chi connectivity index (χ2v) is 14.0. The summed E-state index contributed by atoms with van der Waals surface area (Å²) in [4.78, 5) is 16.6. The molecule has 0 spiro atoms. The van der Waals surface area contributed by atoms with Crippen molar-refractivity contribution in [2.75, 3.05) is 19.7 Å². The lowest BCUT2D eigenvalue weighted by Gasteiger charge is -2.31. The zero-order chi connectivity index (χ0) is 31.0. The van der Waals surface area contributed by atoms with Gasteiger partial charge in [0.25, 0.3) is 0 Å². The normalized spacial score (nSPS) is 27.9. The van der Waals surface area contributed by atoms with Crippen molar-refractivity contribution in [3.05, 3.63) is 52.9 Å². The number of benzene rings is 2. The van der Waals surface area contributed by atoms with E-state index in [1.807, 2.05) is 19.9 Å². The van der Waals surface area contributed by atoms with Gasteiger partial charge in [-0.25, -0.2) is 18.2 Å². The van der Waals surface area contributed by atoms with Gasteiger partial charge in [-0.15, -0.1) is 0 Å². The molecular weight excluding hydrogens is 577 g/mol. The predicted molar refractivity (Wildman–Crippen MR) is 167 cm³/mol. The Morgan fingerprint density at radius 1 is 1.04 bits per heavy atom. The number of phenolic OH excluding ortho intramolecular Hbond substituents is 1. The minimum atomic E-state index is -0.886. The summed E-state index contributed by atoms with van der Waals surface area (Å²) in [6.45, 7) is 5.32. The number of pyridine rings is 1. The number of halogens is 3. The van der Waals surface area contributed by atoms with Crippen LogP contribution in [0.15, 0.2) is 24.3 Å². The van der Waals surface area contributed by atoms with Crippen LogP contribution in [0.2, 0.25) is 0 Å². The first-order valence-electron chi connectivity index (χ1n) is 16.6. The first-order valence-corrected chi connectivity index (χ1v) is 16.6. The molecule has 8 rings (SSSR count). The van der Waals surface area contributed by atoms with Crippen LogP contribution in [0.5, 0.6) is 11.8 Å². The van der Waals surface area contributed by atoms with E-state index in [9.17, 15) is 9.50 Å². The molecule has 2 unspecified atom stereocenters. The average molecular weight is 617 g/mol. The third kappa shape index (κ3) is 4.67. The summed E-state index contributed by atoms with van der Waals surface area (Å²) in [5, 5.41) is 11.9. The Morgan fingerprint density at radius 3 is 2.62 bits per heavy atom. The maximum Gasteiger partial charge on any atom is 0.317 e. The highest BCUT2D eigenvalue weighted by atomic mass is 19.1. The number of ether oxygens (including phenoxy) is 1. The minimum Gasteiger partial charge on any atom is -0.505 e. The predicted octanol–water partition coefficient (Wildman–Crippen LogP) is 7.95. The van der Waals surface area contributed by atoms with Gasteiger partial charge in [-0.1, -0.05) is 38.0 Å². The van der Waals surface area contributed by atoms with Gasteiger partial charge in [0, 0.05) is 40.9 Å². The molecule has 236 valence electrons. The van der Waals surface area contributed by atoms with E-state index in [0.717, 1.165) is 43.5 Å². The first kappa shape index (κ1) is 29.0. The van der Waals surface area contributed by atoms with E-state index in [1.165, 1.54) is 25.3 Å². The summed E-state index contributed by atoms with van der Waals surface area (Å²) >= 11 is 0. The molecule has 45 heavy (non-hydrogen) atoms. The van der Waals surface area contributed by atoms with Crippen LogP contribution in [-0.4, -0.2) is 56.4 Å². The molecule has 2 saturated carbocycles. The number of aromatic nitrogens is 3. The zero-order valence-corrected chi connectivity index (χ0v) is 25.9. The molecule has 4 fully saturated rings. The molecule has 1 N–H and O–H groups in total. The Bertz CT molecular complexity index is 1820. The van der Waals surface area contributed by atoms with Gasteiger partial charge in [0.15, 0.2) is 17.4 Å². The molecule has 4 atom stereocenters. The highest BCUT2D eigenvalue weighted by Gasteiger charge is 2.49. The lowest BCUT2D eigenvalue weighted by Crippen LogP contribution is -2.43. The van der Waals surface area contributed by atoms with Crippen LogP contribution in [0, 0.1) is 30.4 Å². The molecule has 2 bridgehead atoms. The van der Waals surface area contributed by atoms with E-state index in [2.05, 4.69) is 9.88 Å². The number of nitrogens with zero attached hydrogens (tertiary/aromatic N) is 4. The van der Waals surface area contributed by atoms with Gasteiger partial charge in [0.05, 0.1) is 11.2 Å². The molecule has 0 amide bonds. The molecule has 2 aliphatic heterocycles. The smallest absolute Gasteiger partial charge is 0.317 e. The standard InChI is InChI=1S/C36H39F3N4O2/c1-3-22-6-4-7-25-29(22)26(15-27(44)30(25)38)33-31(39)34-28(19(2)40-33)32(23-13-20-8-9-21(12-20)14-23)41-35(42-34)45-18-36-10-5-11-43(36)17-24(37)16-36/h4,6-7,15,20-21,23-24,44H,3,5,8-14,16-18H2,1-2H3/t20?,21?,23?,24-,36+/m1/s1. The molecule has 9 heteroatoms. The highest BCUT2D eigenvalue weighted by molar-refractivity contribution is 6.01. The molecule has 4 aliphatic rings. The summed E-state index contributed by atoms with van der Waals surface area (Å²) < 4.78 is 52.9. The number of hydrogen-bond acceptors (Lipinski definition) is 6. The Hall–Kier alpha value is -3.46. The van der Waals surface area contributed by atoms with Gasteiger partial charge >= 0.3 is 6.01 Å². The quantitative estimate of drug-likeness (QED) is 0.237. The van der Waals surface area contributed by atoms with E-state index < -0.39 is 23.6 Å². The zero-order valence-electron chi connectivity index (χ0n) is 25.9. The Kier molecular flexibility index (Phi) is 6.97. The van der Waals surface area contributed by atoms with Crippen molar-refractivity contribution in [1.82, 2.24) is 19.9 Å². The van der Waals surface area contributed by atoms with E-state index in [-0.39, 0.29) is 40.7 Å². The molecule has 4 aromatic rings. The molecular formula is C36H39F3N4O2. The first-order chi connectivity index (χ1) is 21.7. The Balaban J connectivity index is 1.30. The van der Waals surface area contributed by atoms with Crippen LogP contribution in [-0.2, 0) is 6.42 Å². The third-order valence-electron chi connectivity index (χ3n) is 11.3. The minimum absolute atomic E-state index is 0.0112. The van der Waals surface area contributed by atoms with Crippen molar-refractivity contribution in [3.63, 3.8) is 0 Å². The van der Waals surface area contributed by atoms with Crippen LogP contribution in [0.4, 0.5) is 13.2 Å². The fourth-order valence-corrected chi connectivity index (χ4v) is 9.27. The number of alkyl halides is 1. The largest absolute Gasteiger partial charge is 0.505 e. The number of fused-ring (bicyclic) bond motifs is 5. The molecule has 2 saturated heterocycles. The van der Waals surface area contributed by atoms with Gasteiger partial charge < -0.3 is 9.84 Å². The molecule has 4 heterocycles. The fraction of sp³-hybridized carbons (Fsp3) is 0.528. The van der Waals surface area contributed by atoms with E-state index >= 15 is 8.78 Å². The van der Waals surface area contributed by atoms with Crippen LogP contribution >= 0.6 is 0 Å². The van der Waals surface area contributed by atoms with E-state index in [4.69, 9.17) is 14.7 Å². The molecule has 2 aromatic heterocycles. The van der Waals surface area contributed by atoms with Crippen molar-refractivity contribution in [3.8, 4) is 23.0 Å². The lowest BCUT2D eigenvalue weighted by atomic mass is 9.78. The van der Waals surface area contributed by atoms with Crippen LogP contribution < -0.4 is 4.74 Å². The van der Waals surface area contributed by atoms with Crippen molar-refractivity contribution in [2.24, 2.45) is 11.8 Å². The molecule has 2 aromatic carbocycles. The second kappa shape index (κ2) is 10.8. The van der Waals surface area contributed by atoms with Gasteiger partial charge in [-0.05, 0) is 80.8 Å². The van der Waals surface area contributed by atoms with Crippen LogP contribution in [0.3, 0.4) is 0 Å². The highest BCUT2D eigenvalue weighted by Crippen LogP contribution is 2.50. The van der Waals surface area contributed by atoms with Crippen molar-refractivity contribution >= 4 is 21.7 Å². The monoisotopic (exact) mass is 616 g/mol. The fourth-order valence-electron chi connectivity index (χ4n) is 9.27. The summed E-state index contributed by atoms with van der Waals surface area (Å²) in [5.41, 5.74) is 2.26. The van der Waals surface area contributed by atoms with Crippen LogP contribution in [0.1, 0.15) is 81.2 Å². The van der Waals surface area contributed by atoms with Gasteiger partial charge in [0.1, 0.15) is 24.0 Å². The van der Waals surface area contributed by atoms with Crippen LogP contribution in [0.25, 0.3) is 32.9 Å². The number of hydrogen-bond donors (Lipinski definition) is 1.